The van der Waals surface area contributed by atoms with Gasteiger partial charge in [-0.25, -0.2) is 0 Å². The van der Waals surface area contributed by atoms with Gasteiger partial charge in [-0.3, -0.25) is 24.9 Å². The maximum absolute atomic E-state index is 12.5. The monoisotopic (exact) mass is 484 g/mol. The molecule has 2 atom stereocenters. The summed E-state index contributed by atoms with van der Waals surface area (Å²) in [5, 5.41) is 15.3. The Morgan fingerprint density at radius 2 is 2.12 bits per heavy atom. The number of unbranched alkanes of at least 4 members (excludes halogenated alkanes) is 1. The molecule has 8 nitrogen and oxygen atoms in total. The van der Waals surface area contributed by atoms with Crippen molar-refractivity contribution in [2.75, 3.05) is 19.6 Å². The van der Waals surface area contributed by atoms with Gasteiger partial charge >= 0.3 is 0 Å². The molecule has 0 bridgehead atoms. The molecule has 1 fully saturated rings. The van der Waals surface area contributed by atoms with E-state index in [1.807, 2.05) is 35.4 Å². The maximum Gasteiger partial charge on any atom is 0.223 e. The van der Waals surface area contributed by atoms with Gasteiger partial charge in [-0.2, -0.15) is 5.26 Å². The number of nitrogens with zero attached hydrogens (tertiary/aromatic N) is 4. The molecule has 0 saturated carbocycles. The van der Waals surface area contributed by atoms with Crippen LogP contribution in [0.15, 0.2) is 34.3 Å². The SMILES string of the molecule is CCCCNC(=O)CCN=C(CCC1CC(N2CCCC2=O)C(c2ccc(Cl)cc2)=N1)NC#N. The van der Waals surface area contributed by atoms with Gasteiger partial charge in [-0.15, -0.1) is 0 Å². The fourth-order valence-electron chi connectivity index (χ4n) is 4.38. The van der Waals surface area contributed by atoms with Crippen molar-refractivity contribution in [2.24, 2.45) is 9.98 Å². The molecule has 34 heavy (non-hydrogen) atoms. The fourth-order valence-corrected chi connectivity index (χ4v) is 4.51. The Labute approximate surface area is 206 Å². The number of nitrogens with one attached hydrogen (secondary N) is 2. The zero-order valence-electron chi connectivity index (χ0n) is 19.7. The maximum atomic E-state index is 12.5. The summed E-state index contributed by atoms with van der Waals surface area (Å²) in [7, 11) is 0. The summed E-state index contributed by atoms with van der Waals surface area (Å²) in [6, 6.07) is 7.56. The number of benzene rings is 1. The number of halogens is 1. The van der Waals surface area contributed by atoms with Crippen molar-refractivity contribution in [2.45, 2.75) is 70.4 Å². The highest BCUT2D eigenvalue weighted by molar-refractivity contribution is 6.30. The minimum absolute atomic E-state index is 0.0205. The molecule has 1 aromatic rings. The van der Waals surface area contributed by atoms with Crippen LogP contribution in [0, 0.1) is 11.5 Å². The van der Waals surface area contributed by atoms with Crippen molar-refractivity contribution in [3.05, 3.63) is 34.9 Å². The van der Waals surface area contributed by atoms with Crippen LogP contribution < -0.4 is 10.6 Å². The molecule has 0 aromatic heterocycles. The summed E-state index contributed by atoms with van der Waals surface area (Å²) < 4.78 is 0. The molecule has 2 amide bonds. The highest BCUT2D eigenvalue weighted by atomic mass is 35.5. The van der Waals surface area contributed by atoms with E-state index in [0.717, 1.165) is 43.5 Å². The van der Waals surface area contributed by atoms with Crippen molar-refractivity contribution < 1.29 is 9.59 Å². The van der Waals surface area contributed by atoms with Crippen LogP contribution in [0.3, 0.4) is 0 Å². The first-order valence-corrected chi connectivity index (χ1v) is 12.5. The van der Waals surface area contributed by atoms with Gasteiger partial charge in [0.25, 0.3) is 0 Å². The molecule has 1 saturated heterocycles. The highest BCUT2D eigenvalue weighted by Crippen LogP contribution is 2.29. The summed E-state index contributed by atoms with van der Waals surface area (Å²) in [6.07, 6.45) is 7.69. The number of likely N-dealkylation sites (tertiary alicyclic amines) is 1. The Balaban J connectivity index is 1.62. The lowest BCUT2D eigenvalue weighted by molar-refractivity contribution is -0.128. The van der Waals surface area contributed by atoms with Crippen LogP contribution in [0.5, 0.6) is 0 Å². The summed E-state index contributed by atoms with van der Waals surface area (Å²) >= 11 is 6.06. The first-order chi connectivity index (χ1) is 16.5. The molecule has 0 spiro atoms. The summed E-state index contributed by atoms with van der Waals surface area (Å²) in [5.41, 5.74) is 1.90. The van der Waals surface area contributed by atoms with Crippen LogP contribution in [-0.2, 0) is 9.59 Å². The number of carbonyl (C=O) groups excluding carboxylic acids is 2. The minimum atomic E-state index is -0.0442. The molecule has 0 radical (unpaired) electrons. The first kappa shape index (κ1) is 25.7. The number of aliphatic imine (C=N–C) groups is 2. The van der Waals surface area contributed by atoms with E-state index in [1.54, 1.807) is 0 Å². The molecule has 182 valence electrons. The lowest BCUT2D eigenvalue weighted by Gasteiger charge is -2.26. The van der Waals surface area contributed by atoms with Gasteiger partial charge in [0.2, 0.25) is 11.8 Å². The van der Waals surface area contributed by atoms with Crippen LogP contribution in [0.2, 0.25) is 5.02 Å². The lowest BCUT2D eigenvalue weighted by Crippen LogP contribution is -2.40. The van der Waals surface area contributed by atoms with Gasteiger partial charge in [-0.05, 0) is 43.4 Å². The number of amides is 2. The van der Waals surface area contributed by atoms with Gasteiger partial charge in [0.1, 0.15) is 5.84 Å². The normalized spacial score (nSPS) is 20.3. The van der Waals surface area contributed by atoms with Crippen LogP contribution in [0.1, 0.15) is 63.9 Å². The molecule has 2 aliphatic rings. The fraction of sp³-hybridized carbons (Fsp3) is 0.560. The van der Waals surface area contributed by atoms with E-state index >= 15 is 0 Å². The molecule has 2 unspecified atom stereocenters. The van der Waals surface area contributed by atoms with E-state index in [4.69, 9.17) is 21.9 Å². The third kappa shape index (κ3) is 7.29. The molecule has 3 rings (SSSR count). The molecule has 1 aromatic carbocycles. The van der Waals surface area contributed by atoms with E-state index in [9.17, 15) is 9.59 Å². The molecule has 9 heteroatoms. The van der Waals surface area contributed by atoms with E-state index < -0.39 is 0 Å². The minimum Gasteiger partial charge on any atom is -0.356 e. The number of hydrogen-bond donors (Lipinski definition) is 2. The number of hydrogen-bond acceptors (Lipinski definition) is 5. The predicted octanol–water partition coefficient (Wildman–Crippen LogP) is 3.45. The molecular formula is C25H33ClN6O2. The van der Waals surface area contributed by atoms with Gasteiger partial charge in [0.15, 0.2) is 6.19 Å². The number of rotatable bonds is 11. The van der Waals surface area contributed by atoms with Gasteiger partial charge in [0, 0.05) is 43.9 Å². The lowest BCUT2D eigenvalue weighted by atomic mass is 9.99. The van der Waals surface area contributed by atoms with Gasteiger partial charge < -0.3 is 10.2 Å². The van der Waals surface area contributed by atoms with Crippen molar-refractivity contribution in [1.82, 2.24) is 15.5 Å². The van der Waals surface area contributed by atoms with Gasteiger partial charge in [0.05, 0.1) is 17.8 Å². The van der Waals surface area contributed by atoms with Crippen molar-refractivity contribution >= 4 is 35.0 Å². The highest BCUT2D eigenvalue weighted by Gasteiger charge is 2.37. The average Bonchev–Trinajstić information content (AvgIpc) is 3.44. The third-order valence-electron chi connectivity index (χ3n) is 6.17. The quantitative estimate of drug-likeness (QED) is 0.165. The second-order valence-electron chi connectivity index (χ2n) is 8.67. The van der Waals surface area contributed by atoms with Crippen LogP contribution in [0.25, 0.3) is 0 Å². The largest absolute Gasteiger partial charge is 0.356 e. The molecule has 2 heterocycles. The number of amidine groups is 1. The van der Waals surface area contributed by atoms with E-state index in [-0.39, 0.29) is 23.9 Å². The predicted molar refractivity (Wildman–Crippen MR) is 134 cm³/mol. The van der Waals surface area contributed by atoms with Crippen molar-refractivity contribution in [3.63, 3.8) is 0 Å². The van der Waals surface area contributed by atoms with E-state index in [2.05, 4.69) is 22.5 Å². The second-order valence-corrected chi connectivity index (χ2v) is 9.11. The van der Waals surface area contributed by atoms with Crippen molar-refractivity contribution in [1.29, 1.82) is 5.26 Å². The van der Waals surface area contributed by atoms with E-state index in [0.29, 0.717) is 49.6 Å². The summed E-state index contributed by atoms with van der Waals surface area (Å²) in [6.45, 7) is 3.84. The Kier molecular flexibility index (Phi) is 9.89. The van der Waals surface area contributed by atoms with Gasteiger partial charge in [-0.1, -0.05) is 37.1 Å². The third-order valence-corrected chi connectivity index (χ3v) is 6.42. The Bertz CT molecular complexity index is 953. The smallest absolute Gasteiger partial charge is 0.223 e. The Morgan fingerprint density at radius 3 is 2.79 bits per heavy atom. The number of carbonyl (C=O) groups is 2. The zero-order valence-corrected chi connectivity index (χ0v) is 20.5. The van der Waals surface area contributed by atoms with E-state index in [1.165, 1.54) is 0 Å². The topological polar surface area (TPSA) is 110 Å². The first-order valence-electron chi connectivity index (χ1n) is 12.1. The van der Waals surface area contributed by atoms with Crippen LogP contribution in [0.4, 0.5) is 0 Å². The van der Waals surface area contributed by atoms with Crippen LogP contribution >= 0.6 is 11.6 Å². The molecule has 2 N–H and O–H groups in total. The Morgan fingerprint density at radius 1 is 1.32 bits per heavy atom. The molecule has 2 aliphatic heterocycles. The average molecular weight is 485 g/mol. The standard InChI is InChI=1S/C25H33ClN6O2/c1-2-3-13-29-23(33)12-14-28-22(30-17-27)11-10-20-16-21(32-15-4-5-24(32)34)25(31-20)18-6-8-19(26)9-7-18/h6-9,20-21H,2-5,10-16H2,1H3,(H,28,30)(H,29,33). The Hall–Kier alpha value is -2.92. The van der Waals surface area contributed by atoms with Crippen molar-refractivity contribution in [3.8, 4) is 6.19 Å². The summed E-state index contributed by atoms with van der Waals surface area (Å²) in [5.74, 6) is 0.713. The second kappa shape index (κ2) is 13.1. The summed E-state index contributed by atoms with van der Waals surface area (Å²) in [4.78, 5) is 35.7. The molecular weight excluding hydrogens is 452 g/mol. The van der Waals surface area contributed by atoms with Crippen LogP contribution in [-0.4, -0.2) is 60.0 Å². The number of nitriles is 1. The molecule has 0 aliphatic carbocycles. The zero-order chi connectivity index (χ0) is 24.3.